The van der Waals surface area contributed by atoms with E-state index in [0.717, 1.165) is 4.70 Å². The number of nitrogens with zero attached hydrogens (tertiary/aromatic N) is 2. The molecule has 0 fully saturated rings. The molecule has 49 heavy (non-hydrogen) atoms. The zero-order chi connectivity index (χ0) is 36.5. The Hall–Kier alpha value is -4.37. The number of benzene rings is 1. The zero-order valence-corrected chi connectivity index (χ0v) is 28.7. The fraction of sp³-hybridized carbons (Fsp3) is 0.517. The van der Waals surface area contributed by atoms with Gasteiger partial charge in [0.1, 0.15) is 24.4 Å². The number of amides is 4. The SMILES string of the molecule is CC(=O)N[C@@H](CCCNC(N)N)C(=O)N[C@@H](CCC(=O)O)C(=O)N[C@@H](CS)C(=O)N[C@@H](CCCN=C(N)N)C(=O)c1nc2ccccc2s1. The van der Waals surface area contributed by atoms with Crippen molar-refractivity contribution < 1.29 is 33.9 Å². The number of thiol groups is 1. The van der Waals surface area contributed by atoms with E-state index >= 15 is 0 Å². The van der Waals surface area contributed by atoms with Gasteiger partial charge in [-0.25, -0.2) is 4.98 Å². The van der Waals surface area contributed by atoms with Crippen LogP contribution in [0, 0.1) is 0 Å². The van der Waals surface area contributed by atoms with Gasteiger partial charge in [0.25, 0.3) is 0 Å². The molecule has 4 amide bonds. The van der Waals surface area contributed by atoms with Gasteiger partial charge in [0.2, 0.25) is 29.4 Å². The van der Waals surface area contributed by atoms with Gasteiger partial charge in [0.05, 0.1) is 16.3 Å². The number of para-hydroxylation sites is 1. The van der Waals surface area contributed by atoms with Crippen LogP contribution in [-0.4, -0.2) is 101 Å². The van der Waals surface area contributed by atoms with Crippen molar-refractivity contribution in [2.24, 2.45) is 27.9 Å². The van der Waals surface area contributed by atoms with Gasteiger partial charge in [-0.15, -0.1) is 11.3 Å². The normalized spacial score (nSPS) is 13.5. The smallest absolute Gasteiger partial charge is 0.303 e. The molecule has 0 saturated heterocycles. The number of fused-ring (bicyclic) bond motifs is 1. The third kappa shape index (κ3) is 14.7. The molecule has 1 heterocycles. The molecule has 4 atom stereocenters. The highest BCUT2D eigenvalue weighted by atomic mass is 32.1. The molecular formula is C29H45N11O7S2. The minimum absolute atomic E-state index is 0.128. The number of guanidine groups is 1. The average molecular weight is 724 g/mol. The Balaban J connectivity index is 2.21. The molecule has 2 aromatic rings. The molecule has 0 unspecified atom stereocenters. The summed E-state index contributed by atoms with van der Waals surface area (Å²) >= 11 is 5.37. The number of carboxylic acids is 1. The molecule has 14 N–H and O–H groups in total. The van der Waals surface area contributed by atoms with Crippen LogP contribution in [0.4, 0.5) is 0 Å². The van der Waals surface area contributed by atoms with Gasteiger partial charge >= 0.3 is 5.97 Å². The van der Waals surface area contributed by atoms with E-state index in [9.17, 15) is 33.9 Å². The largest absolute Gasteiger partial charge is 0.481 e. The summed E-state index contributed by atoms with van der Waals surface area (Å²) in [5.41, 5.74) is 22.3. The molecular weight excluding hydrogens is 679 g/mol. The third-order valence-corrected chi connectivity index (χ3v) is 8.34. The summed E-state index contributed by atoms with van der Waals surface area (Å²) < 4.78 is 0.781. The van der Waals surface area contributed by atoms with Crippen molar-refractivity contribution >= 4 is 75.5 Å². The van der Waals surface area contributed by atoms with Gasteiger partial charge in [-0.3, -0.25) is 39.1 Å². The molecule has 1 aromatic carbocycles. The highest BCUT2D eigenvalue weighted by Gasteiger charge is 2.32. The van der Waals surface area contributed by atoms with Crippen LogP contribution in [-0.2, 0) is 24.0 Å². The van der Waals surface area contributed by atoms with Gasteiger partial charge in [-0.05, 0) is 50.8 Å². The van der Waals surface area contributed by atoms with E-state index in [4.69, 9.17) is 22.9 Å². The number of nitrogens with two attached hydrogens (primary N) is 4. The van der Waals surface area contributed by atoms with Gasteiger partial charge in [-0.2, -0.15) is 12.6 Å². The van der Waals surface area contributed by atoms with E-state index in [2.05, 4.69) is 49.2 Å². The number of Topliss-reactive ketones (excluding diaryl/α,β-unsaturated/α-hetero) is 1. The summed E-state index contributed by atoms with van der Waals surface area (Å²) in [5.74, 6) is -4.90. The molecule has 1 aromatic heterocycles. The second-order valence-electron chi connectivity index (χ2n) is 11.0. The molecule has 0 aliphatic carbocycles. The number of carbonyl (C=O) groups excluding carboxylic acids is 5. The molecule has 2 rings (SSSR count). The fourth-order valence-electron chi connectivity index (χ4n) is 4.54. The number of thiazole rings is 1. The Kier molecular flexibility index (Phi) is 17.4. The van der Waals surface area contributed by atoms with Crippen molar-refractivity contribution in [1.82, 2.24) is 31.6 Å². The van der Waals surface area contributed by atoms with Crippen LogP contribution in [0.15, 0.2) is 29.3 Å². The van der Waals surface area contributed by atoms with Crippen molar-refractivity contribution in [3.8, 4) is 0 Å². The lowest BCUT2D eigenvalue weighted by Gasteiger charge is -2.25. The summed E-state index contributed by atoms with van der Waals surface area (Å²) in [6.07, 6.45) is -0.612. The second-order valence-corrected chi connectivity index (χ2v) is 12.4. The van der Waals surface area contributed by atoms with Crippen molar-refractivity contribution in [1.29, 1.82) is 0 Å². The average Bonchev–Trinajstić information content (AvgIpc) is 3.48. The van der Waals surface area contributed by atoms with E-state index in [1.54, 1.807) is 12.1 Å². The number of carboxylic acid groups (broad SMARTS) is 1. The molecule has 0 aliphatic rings. The van der Waals surface area contributed by atoms with Crippen LogP contribution in [0.25, 0.3) is 10.2 Å². The van der Waals surface area contributed by atoms with Crippen molar-refractivity contribution in [2.45, 2.75) is 75.9 Å². The number of carbonyl (C=O) groups is 6. The first-order valence-corrected chi connectivity index (χ1v) is 16.9. The van der Waals surface area contributed by atoms with E-state index in [0.29, 0.717) is 24.9 Å². The first kappa shape index (κ1) is 40.8. The molecule has 20 heteroatoms. The van der Waals surface area contributed by atoms with E-state index in [-0.39, 0.29) is 42.5 Å². The first-order valence-electron chi connectivity index (χ1n) is 15.4. The van der Waals surface area contributed by atoms with Crippen LogP contribution in [0.1, 0.15) is 55.3 Å². The summed E-state index contributed by atoms with van der Waals surface area (Å²) in [6, 6.07) is 2.35. The quantitative estimate of drug-likeness (QED) is 0.0154. The minimum atomic E-state index is -1.40. The first-order chi connectivity index (χ1) is 23.2. The molecule has 0 saturated carbocycles. The van der Waals surface area contributed by atoms with Crippen molar-refractivity contribution in [3.63, 3.8) is 0 Å². The summed E-state index contributed by atoms with van der Waals surface area (Å²) in [7, 11) is 0. The number of rotatable bonds is 22. The maximum absolute atomic E-state index is 13.5. The second kappa shape index (κ2) is 20.9. The standard InChI is InChI=1S/C29H45N11O7S2/c1-15(41)36-18(8-5-13-35-29(32)33)24(45)38-19(10-11-22(42)43)25(46)39-20(14-48)26(47)37-17(7-4-12-34-28(30)31)23(44)27-40-16-6-2-3-9-21(16)49-27/h2-3,6,9,17-20,29,35,48H,4-5,7-8,10-14,32-33H2,1H3,(H,36,41)(H,37,47)(H,38,45)(H,39,46)(H,42,43)(H4,30,31,34)/t17-,18-,19-,20-/m0/s1. The van der Waals surface area contributed by atoms with Crippen LogP contribution < -0.4 is 49.5 Å². The third-order valence-electron chi connectivity index (χ3n) is 6.92. The highest BCUT2D eigenvalue weighted by molar-refractivity contribution is 7.80. The van der Waals surface area contributed by atoms with Crippen LogP contribution in [0.3, 0.4) is 0 Å². The molecule has 0 spiro atoms. The number of hydrogen-bond donors (Lipinski definition) is 11. The number of aliphatic carboxylic acids is 1. The summed E-state index contributed by atoms with van der Waals surface area (Å²) in [4.78, 5) is 85.0. The van der Waals surface area contributed by atoms with Crippen molar-refractivity contribution in [3.05, 3.63) is 29.3 Å². The number of aromatic nitrogens is 1. The number of aliphatic imine (C=N–C) groups is 1. The molecule has 0 bridgehead atoms. The highest BCUT2D eigenvalue weighted by Crippen LogP contribution is 2.23. The maximum Gasteiger partial charge on any atom is 0.303 e. The molecule has 270 valence electrons. The van der Waals surface area contributed by atoms with E-state index in [1.165, 1.54) is 18.3 Å². The lowest BCUT2D eigenvalue weighted by atomic mass is 10.1. The Labute approximate surface area is 292 Å². The predicted octanol–water partition coefficient (Wildman–Crippen LogP) is -2.14. The monoisotopic (exact) mass is 723 g/mol. The lowest BCUT2D eigenvalue weighted by Crippen LogP contribution is -2.58. The Morgan fingerprint density at radius 1 is 0.878 bits per heavy atom. The van der Waals surface area contributed by atoms with Crippen LogP contribution in [0.5, 0.6) is 0 Å². The molecule has 0 radical (unpaired) electrons. The van der Waals surface area contributed by atoms with Crippen molar-refractivity contribution in [2.75, 3.05) is 18.8 Å². The van der Waals surface area contributed by atoms with Crippen LogP contribution >= 0.6 is 24.0 Å². The molecule has 0 aliphatic heterocycles. The predicted molar refractivity (Wildman–Crippen MR) is 187 cm³/mol. The van der Waals surface area contributed by atoms with Crippen LogP contribution in [0.2, 0.25) is 0 Å². The number of hydrogen-bond acceptors (Lipinski definition) is 13. The molecule has 18 nitrogen and oxygen atoms in total. The zero-order valence-electron chi connectivity index (χ0n) is 27.0. The Morgan fingerprint density at radius 2 is 1.47 bits per heavy atom. The summed E-state index contributed by atoms with van der Waals surface area (Å²) in [5, 5.41) is 22.3. The minimum Gasteiger partial charge on any atom is -0.481 e. The summed E-state index contributed by atoms with van der Waals surface area (Å²) in [6.45, 7) is 1.74. The van der Waals surface area contributed by atoms with Gasteiger partial charge in [0, 0.05) is 25.6 Å². The van der Waals surface area contributed by atoms with Gasteiger partial charge < -0.3 is 49.3 Å². The Bertz CT molecular complexity index is 1450. The number of ketones is 1. The lowest BCUT2D eigenvalue weighted by molar-refractivity contribution is -0.138. The number of nitrogens with one attached hydrogen (secondary N) is 5. The van der Waals surface area contributed by atoms with Gasteiger partial charge in [0.15, 0.2) is 11.0 Å². The maximum atomic E-state index is 13.5. The Morgan fingerprint density at radius 3 is 2.06 bits per heavy atom. The topological polar surface area (TPSA) is 312 Å². The van der Waals surface area contributed by atoms with E-state index < -0.39 is 72.3 Å². The fourth-order valence-corrected chi connectivity index (χ4v) is 5.75. The van der Waals surface area contributed by atoms with Gasteiger partial charge in [-0.1, -0.05) is 12.1 Å². The van der Waals surface area contributed by atoms with E-state index in [1.807, 2.05) is 12.1 Å².